The number of allylic oxidation sites excluding steroid dienone is 2. The molecule has 5 rings (SSSR count). The van der Waals surface area contributed by atoms with Gasteiger partial charge in [-0.05, 0) is 56.1 Å². The lowest BCUT2D eigenvalue weighted by atomic mass is 9.69. The topological polar surface area (TPSA) is 55.7 Å². The van der Waals surface area contributed by atoms with Gasteiger partial charge in [-0.25, -0.2) is 0 Å². The highest BCUT2D eigenvalue weighted by Crippen LogP contribution is 2.47. The number of nitrogens with zero attached hydrogens (tertiary/aromatic N) is 1. The number of aliphatic imine (C=N–C) groups is 1. The number of ether oxygens (including phenoxy) is 1. The lowest BCUT2D eigenvalue weighted by Crippen LogP contribution is -2.39. The molecular weight excluding hydrogens is 410 g/mol. The van der Waals surface area contributed by atoms with Crippen molar-refractivity contribution in [3.8, 4) is 0 Å². The van der Waals surface area contributed by atoms with Crippen LogP contribution in [0.1, 0.15) is 74.8 Å². The smallest absolute Gasteiger partial charge is 0.315 e. The van der Waals surface area contributed by atoms with Gasteiger partial charge >= 0.3 is 5.97 Å². The molecule has 2 aromatic rings. The molecule has 3 atom stereocenters. The van der Waals surface area contributed by atoms with Gasteiger partial charge in [-0.3, -0.25) is 14.6 Å². The van der Waals surface area contributed by atoms with Crippen molar-refractivity contribution < 1.29 is 14.3 Å². The molecule has 4 nitrogen and oxygen atoms in total. The highest BCUT2D eigenvalue weighted by atomic mass is 16.5. The molecule has 0 bridgehead atoms. The molecule has 0 amide bonds. The van der Waals surface area contributed by atoms with Crippen LogP contribution in [-0.2, 0) is 14.3 Å². The van der Waals surface area contributed by atoms with E-state index in [2.05, 4.69) is 12.1 Å². The fraction of sp³-hybridized carbons (Fsp3) is 0.414. The maximum absolute atomic E-state index is 13.6. The van der Waals surface area contributed by atoms with Crippen LogP contribution < -0.4 is 0 Å². The van der Waals surface area contributed by atoms with Crippen molar-refractivity contribution >= 4 is 17.5 Å². The summed E-state index contributed by atoms with van der Waals surface area (Å²) in [7, 11) is 0. The van der Waals surface area contributed by atoms with Crippen LogP contribution in [0.3, 0.4) is 0 Å². The SMILES string of the molecule is CC1=NC2=C(C(=O)C[C@@H](c3ccccc3)C2)[C@@H](c2ccccc2)C1C(=O)OC1CCCCC1. The minimum atomic E-state index is -0.551. The Kier molecular flexibility index (Phi) is 6.26. The van der Waals surface area contributed by atoms with E-state index >= 15 is 0 Å². The van der Waals surface area contributed by atoms with E-state index in [-0.39, 0.29) is 29.7 Å². The van der Waals surface area contributed by atoms with E-state index < -0.39 is 5.92 Å². The highest BCUT2D eigenvalue weighted by molar-refractivity contribution is 6.09. The number of carbonyl (C=O) groups excluding carboxylic acids is 2. The van der Waals surface area contributed by atoms with E-state index in [1.165, 1.54) is 12.0 Å². The number of benzene rings is 2. The Labute approximate surface area is 195 Å². The van der Waals surface area contributed by atoms with E-state index in [0.717, 1.165) is 49.1 Å². The third-order valence-electron chi connectivity index (χ3n) is 7.41. The van der Waals surface area contributed by atoms with Gasteiger partial charge < -0.3 is 4.74 Å². The average molecular weight is 442 g/mol. The van der Waals surface area contributed by atoms with Gasteiger partial charge in [-0.1, -0.05) is 67.1 Å². The lowest BCUT2D eigenvalue weighted by molar-refractivity contribution is -0.153. The van der Waals surface area contributed by atoms with Crippen LogP contribution in [0.25, 0.3) is 0 Å². The Morgan fingerprint density at radius 3 is 2.18 bits per heavy atom. The van der Waals surface area contributed by atoms with Crippen molar-refractivity contribution in [3.05, 3.63) is 83.1 Å². The number of Topliss-reactive ketones (excluding diaryl/α,β-unsaturated/α-hetero) is 1. The van der Waals surface area contributed by atoms with Crippen LogP contribution in [0.4, 0.5) is 0 Å². The average Bonchev–Trinajstić information content (AvgIpc) is 2.84. The van der Waals surface area contributed by atoms with Crippen molar-refractivity contribution in [3.63, 3.8) is 0 Å². The summed E-state index contributed by atoms with van der Waals surface area (Å²) >= 11 is 0. The van der Waals surface area contributed by atoms with Crippen molar-refractivity contribution in [2.24, 2.45) is 10.9 Å². The summed E-state index contributed by atoms with van der Waals surface area (Å²) in [5.74, 6) is -0.896. The molecule has 3 aliphatic rings. The molecule has 0 saturated heterocycles. The van der Waals surface area contributed by atoms with Gasteiger partial charge in [0.15, 0.2) is 5.78 Å². The largest absolute Gasteiger partial charge is 0.462 e. The summed E-state index contributed by atoms with van der Waals surface area (Å²) in [6, 6.07) is 20.1. The quantitative estimate of drug-likeness (QED) is 0.536. The standard InChI is InChI=1S/C29H31NO3/c1-19-26(29(32)33-23-15-9-4-10-16-23)27(21-13-7-3-8-14-21)28-24(30-19)17-22(18-25(28)31)20-11-5-2-6-12-20/h2-3,5-8,11-14,22-23,26-27H,4,9-10,15-18H2,1H3/t22-,26?,27-/m0/s1. The first-order valence-corrected chi connectivity index (χ1v) is 12.2. The normalized spacial score (nSPS) is 25.9. The van der Waals surface area contributed by atoms with Gasteiger partial charge in [0, 0.05) is 29.3 Å². The maximum atomic E-state index is 13.6. The molecular formula is C29H31NO3. The Balaban J connectivity index is 1.51. The summed E-state index contributed by atoms with van der Waals surface area (Å²) in [6.45, 7) is 1.92. The second-order valence-electron chi connectivity index (χ2n) is 9.62. The zero-order valence-electron chi connectivity index (χ0n) is 19.2. The number of esters is 1. The second-order valence-corrected chi connectivity index (χ2v) is 9.62. The van der Waals surface area contributed by atoms with Crippen LogP contribution in [0, 0.1) is 5.92 Å². The Morgan fingerprint density at radius 2 is 1.52 bits per heavy atom. The molecule has 2 aromatic carbocycles. The molecule has 1 saturated carbocycles. The minimum absolute atomic E-state index is 0.0182. The van der Waals surface area contributed by atoms with Crippen molar-refractivity contribution in [1.82, 2.24) is 0 Å². The third-order valence-corrected chi connectivity index (χ3v) is 7.41. The summed E-state index contributed by atoms with van der Waals surface area (Å²) in [5, 5.41) is 0. The van der Waals surface area contributed by atoms with Crippen molar-refractivity contribution in [2.75, 3.05) is 0 Å². The van der Waals surface area contributed by atoms with Gasteiger partial charge in [0.05, 0.1) is 0 Å². The zero-order chi connectivity index (χ0) is 22.8. The van der Waals surface area contributed by atoms with E-state index in [9.17, 15) is 9.59 Å². The fourth-order valence-electron chi connectivity index (χ4n) is 5.77. The van der Waals surface area contributed by atoms with Crippen LogP contribution in [0.2, 0.25) is 0 Å². The molecule has 4 heteroatoms. The Morgan fingerprint density at radius 1 is 0.879 bits per heavy atom. The molecule has 1 fully saturated rings. The number of hydrogen-bond acceptors (Lipinski definition) is 4. The van der Waals surface area contributed by atoms with Crippen molar-refractivity contribution in [1.29, 1.82) is 0 Å². The first kappa shape index (κ1) is 21.8. The van der Waals surface area contributed by atoms with Gasteiger partial charge in [-0.2, -0.15) is 0 Å². The fourth-order valence-corrected chi connectivity index (χ4v) is 5.77. The molecule has 33 heavy (non-hydrogen) atoms. The van der Waals surface area contributed by atoms with Gasteiger partial charge in [0.25, 0.3) is 0 Å². The second kappa shape index (κ2) is 9.46. The molecule has 0 radical (unpaired) electrons. The van der Waals surface area contributed by atoms with E-state index in [0.29, 0.717) is 12.0 Å². The van der Waals surface area contributed by atoms with Crippen LogP contribution in [0.5, 0.6) is 0 Å². The first-order chi connectivity index (χ1) is 16.1. The minimum Gasteiger partial charge on any atom is -0.462 e. The zero-order valence-corrected chi connectivity index (χ0v) is 19.2. The monoisotopic (exact) mass is 441 g/mol. The lowest BCUT2D eigenvalue weighted by Gasteiger charge is -2.37. The van der Waals surface area contributed by atoms with E-state index in [4.69, 9.17) is 9.73 Å². The third kappa shape index (κ3) is 4.44. The molecule has 2 aliphatic carbocycles. The highest BCUT2D eigenvalue weighted by Gasteiger charge is 2.45. The van der Waals surface area contributed by atoms with Gasteiger partial charge in [0.2, 0.25) is 0 Å². The molecule has 1 heterocycles. The number of rotatable bonds is 4. The number of hydrogen-bond donors (Lipinski definition) is 0. The van der Waals surface area contributed by atoms with Crippen LogP contribution in [0.15, 0.2) is 76.9 Å². The van der Waals surface area contributed by atoms with Gasteiger partial charge in [0.1, 0.15) is 12.0 Å². The van der Waals surface area contributed by atoms with Crippen LogP contribution >= 0.6 is 0 Å². The number of carbonyl (C=O) groups is 2. The summed E-state index contributed by atoms with van der Waals surface area (Å²) in [5.41, 5.74) is 4.46. The predicted octanol–water partition coefficient (Wildman–Crippen LogP) is 6.14. The summed E-state index contributed by atoms with van der Waals surface area (Å²) in [6.07, 6.45) is 6.42. The summed E-state index contributed by atoms with van der Waals surface area (Å²) in [4.78, 5) is 31.9. The van der Waals surface area contributed by atoms with Crippen molar-refractivity contribution in [2.45, 2.75) is 69.8 Å². The molecule has 0 N–H and O–H groups in total. The first-order valence-electron chi connectivity index (χ1n) is 12.2. The van der Waals surface area contributed by atoms with Gasteiger partial charge in [-0.15, -0.1) is 0 Å². The molecule has 170 valence electrons. The predicted molar refractivity (Wildman–Crippen MR) is 129 cm³/mol. The maximum Gasteiger partial charge on any atom is 0.315 e. The van der Waals surface area contributed by atoms with E-state index in [1.54, 1.807) is 0 Å². The molecule has 0 aromatic heterocycles. The Bertz CT molecular complexity index is 1080. The molecule has 1 aliphatic heterocycles. The van der Waals surface area contributed by atoms with Crippen LogP contribution in [-0.4, -0.2) is 23.6 Å². The number of ketones is 1. The summed E-state index contributed by atoms with van der Waals surface area (Å²) < 4.78 is 6.00. The molecule has 1 unspecified atom stereocenters. The molecule has 0 spiro atoms. The van der Waals surface area contributed by atoms with E-state index in [1.807, 2.05) is 55.5 Å². The Hall–Kier alpha value is -3.01.